The molecule has 166 valence electrons. The fourth-order valence-electron chi connectivity index (χ4n) is 2.81. The van der Waals surface area contributed by atoms with Crippen LogP contribution in [-0.4, -0.2) is 26.6 Å². The minimum Gasteiger partial charge on any atom is -0.271 e. The molecule has 3 aromatic carbocycles. The molecular formula is C22H18Cl2IN3O3S. The van der Waals surface area contributed by atoms with E-state index in [0.29, 0.717) is 5.71 Å². The highest BCUT2D eigenvalue weighted by Gasteiger charge is 2.27. The number of carbonyl (C=O) groups is 1. The zero-order chi connectivity index (χ0) is 23.3. The van der Waals surface area contributed by atoms with Gasteiger partial charge >= 0.3 is 0 Å². The van der Waals surface area contributed by atoms with E-state index in [1.807, 2.05) is 24.3 Å². The van der Waals surface area contributed by atoms with Crippen LogP contribution in [-0.2, 0) is 14.8 Å². The van der Waals surface area contributed by atoms with Crippen molar-refractivity contribution in [3.8, 4) is 0 Å². The van der Waals surface area contributed by atoms with Crippen LogP contribution in [0.1, 0.15) is 12.5 Å². The van der Waals surface area contributed by atoms with Crippen molar-refractivity contribution < 1.29 is 13.2 Å². The molecule has 0 fully saturated rings. The fraction of sp³-hybridized carbons (Fsp3) is 0.0909. The first-order valence-electron chi connectivity index (χ1n) is 9.30. The summed E-state index contributed by atoms with van der Waals surface area (Å²) in [4.78, 5) is 12.7. The monoisotopic (exact) mass is 601 g/mol. The molecule has 1 N–H and O–H groups in total. The van der Waals surface area contributed by atoms with Gasteiger partial charge in [0.25, 0.3) is 15.9 Å². The number of halogens is 3. The van der Waals surface area contributed by atoms with E-state index in [9.17, 15) is 13.2 Å². The molecule has 0 heterocycles. The molecule has 0 aromatic heterocycles. The molecule has 0 bridgehead atoms. The third kappa shape index (κ3) is 6.22. The number of anilines is 1. The van der Waals surface area contributed by atoms with Crippen molar-refractivity contribution >= 4 is 73.1 Å². The number of hydrogen-bond acceptors (Lipinski definition) is 4. The second-order valence-electron chi connectivity index (χ2n) is 6.69. The van der Waals surface area contributed by atoms with E-state index in [0.717, 1.165) is 13.4 Å². The van der Waals surface area contributed by atoms with Gasteiger partial charge in [0.2, 0.25) is 0 Å². The Bertz CT molecular complexity index is 1250. The van der Waals surface area contributed by atoms with Crippen LogP contribution in [0.4, 0.5) is 5.69 Å². The Morgan fingerprint density at radius 1 is 1.00 bits per heavy atom. The van der Waals surface area contributed by atoms with E-state index in [2.05, 4.69) is 33.1 Å². The summed E-state index contributed by atoms with van der Waals surface area (Å²) in [5.74, 6) is -0.620. The van der Waals surface area contributed by atoms with Crippen molar-refractivity contribution in [2.75, 3.05) is 10.8 Å². The summed E-state index contributed by atoms with van der Waals surface area (Å²) in [6.45, 7) is 1.23. The number of rotatable bonds is 7. The lowest BCUT2D eigenvalue weighted by molar-refractivity contribution is -0.119. The molecule has 0 atom stereocenters. The highest BCUT2D eigenvalue weighted by molar-refractivity contribution is 14.1. The summed E-state index contributed by atoms with van der Waals surface area (Å²) in [7, 11) is -4.07. The van der Waals surface area contributed by atoms with Crippen LogP contribution in [0.25, 0.3) is 0 Å². The highest BCUT2D eigenvalue weighted by atomic mass is 127. The van der Waals surface area contributed by atoms with Gasteiger partial charge in [0, 0.05) is 13.6 Å². The predicted molar refractivity (Wildman–Crippen MR) is 137 cm³/mol. The smallest absolute Gasteiger partial charge is 0.264 e. The van der Waals surface area contributed by atoms with Gasteiger partial charge in [-0.15, -0.1) is 0 Å². The van der Waals surface area contributed by atoms with Gasteiger partial charge in [-0.3, -0.25) is 9.10 Å². The lowest BCUT2D eigenvalue weighted by Gasteiger charge is -2.24. The molecule has 32 heavy (non-hydrogen) atoms. The van der Waals surface area contributed by atoms with Crippen molar-refractivity contribution in [2.45, 2.75) is 11.8 Å². The van der Waals surface area contributed by atoms with Crippen molar-refractivity contribution in [1.82, 2.24) is 5.43 Å². The van der Waals surface area contributed by atoms with Gasteiger partial charge in [0.05, 0.1) is 16.3 Å². The second kappa shape index (κ2) is 10.7. The van der Waals surface area contributed by atoms with Crippen molar-refractivity contribution in [3.05, 3.63) is 92.0 Å². The maximum atomic E-state index is 13.3. The Morgan fingerprint density at radius 2 is 1.66 bits per heavy atom. The van der Waals surface area contributed by atoms with E-state index in [4.69, 9.17) is 23.2 Å². The number of sulfonamides is 1. The molecule has 0 saturated heterocycles. The normalized spacial score (nSPS) is 11.8. The van der Waals surface area contributed by atoms with Crippen LogP contribution in [0.15, 0.2) is 82.8 Å². The maximum absolute atomic E-state index is 13.3. The van der Waals surface area contributed by atoms with E-state index in [1.54, 1.807) is 25.1 Å². The summed E-state index contributed by atoms with van der Waals surface area (Å²) in [6.07, 6.45) is 0. The zero-order valence-electron chi connectivity index (χ0n) is 16.8. The van der Waals surface area contributed by atoms with Gasteiger partial charge in [-0.2, -0.15) is 5.10 Å². The minimum atomic E-state index is -4.07. The molecule has 1 amide bonds. The predicted octanol–water partition coefficient (Wildman–Crippen LogP) is 5.33. The number of nitrogens with one attached hydrogen (secondary N) is 1. The van der Waals surface area contributed by atoms with Gasteiger partial charge in [-0.1, -0.05) is 53.5 Å². The first-order valence-corrected chi connectivity index (χ1v) is 12.6. The SMILES string of the molecule is C/C(=N/NC(=O)CN(c1cc(Cl)cc(Cl)c1)S(=O)(=O)c1ccccc1)c1cccc(I)c1. The minimum absolute atomic E-state index is 0.0300. The molecule has 0 aliphatic rings. The molecule has 0 aliphatic heterocycles. The Balaban J connectivity index is 1.90. The van der Waals surface area contributed by atoms with Crippen LogP contribution in [0.3, 0.4) is 0 Å². The number of amides is 1. The molecule has 6 nitrogen and oxygen atoms in total. The highest BCUT2D eigenvalue weighted by Crippen LogP contribution is 2.29. The summed E-state index contributed by atoms with van der Waals surface area (Å²) < 4.78 is 28.6. The Morgan fingerprint density at radius 3 is 2.28 bits per heavy atom. The second-order valence-corrected chi connectivity index (χ2v) is 10.7. The van der Waals surface area contributed by atoms with Gasteiger partial charge in [-0.25, -0.2) is 13.8 Å². The zero-order valence-corrected chi connectivity index (χ0v) is 21.3. The van der Waals surface area contributed by atoms with Crippen LogP contribution in [0, 0.1) is 3.57 Å². The molecule has 3 aromatic rings. The first-order chi connectivity index (χ1) is 15.2. The van der Waals surface area contributed by atoms with Crippen molar-refractivity contribution in [1.29, 1.82) is 0 Å². The molecule has 0 aliphatic carbocycles. The average Bonchev–Trinajstić information content (AvgIpc) is 2.75. The van der Waals surface area contributed by atoms with E-state index in [-0.39, 0.29) is 20.6 Å². The number of carbonyl (C=O) groups excluding carboxylic acids is 1. The van der Waals surface area contributed by atoms with Gasteiger partial charge < -0.3 is 0 Å². The average molecular weight is 602 g/mol. The quantitative estimate of drug-likeness (QED) is 0.226. The Hall–Kier alpha value is -2.14. The molecule has 0 unspecified atom stereocenters. The van der Waals surface area contributed by atoms with E-state index >= 15 is 0 Å². The van der Waals surface area contributed by atoms with Crippen LogP contribution >= 0.6 is 45.8 Å². The maximum Gasteiger partial charge on any atom is 0.264 e. The number of nitrogens with zero attached hydrogens (tertiary/aromatic N) is 2. The third-order valence-corrected chi connectivity index (χ3v) is 7.24. The van der Waals surface area contributed by atoms with E-state index < -0.39 is 22.5 Å². The number of benzene rings is 3. The molecule has 0 spiro atoms. The molecule has 0 saturated carbocycles. The fourth-order valence-corrected chi connectivity index (χ4v) is 5.29. The topological polar surface area (TPSA) is 78.8 Å². The van der Waals surface area contributed by atoms with Crippen molar-refractivity contribution in [2.24, 2.45) is 5.10 Å². The largest absolute Gasteiger partial charge is 0.271 e. The third-order valence-electron chi connectivity index (χ3n) is 4.34. The lowest BCUT2D eigenvalue weighted by atomic mass is 10.1. The van der Waals surface area contributed by atoms with Gasteiger partial charge in [-0.05, 0) is 77.5 Å². The standard InChI is InChI=1S/C22H18Cl2IN3O3S/c1-15(16-6-5-7-19(25)10-16)26-27-22(29)14-28(20-12-17(23)11-18(24)13-20)32(30,31)21-8-3-2-4-9-21/h2-13H,14H2,1H3,(H,27,29)/b26-15-. The van der Waals surface area contributed by atoms with Crippen LogP contribution < -0.4 is 9.73 Å². The van der Waals surface area contributed by atoms with Crippen LogP contribution in [0.2, 0.25) is 10.0 Å². The van der Waals surface area contributed by atoms with E-state index in [1.165, 1.54) is 30.3 Å². The van der Waals surface area contributed by atoms with Crippen LogP contribution in [0.5, 0.6) is 0 Å². The molecule has 10 heteroatoms. The Kier molecular flexibility index (Phi) is 8.16. The molecular weight excluding hydrogens is 584 g/mol. The first kappa shape index (κ1) is 24.5. The summed E-state index contributed by atoms with van der Waals surface area (Å²) in [5, 5.41) is 4.60. The van der Waals surface area contributed by atoms with Gasteiger partial charge in [0.1, 0.15) is 6.54 Å². The summed E-state index contributed by atoms with van der Waals surface area (Å²) >= 11 is 14.3. The number of hydrogen-bond donors (Lipinski definition) is 1. The summed E-state index contributed by atoms with van der Waals surface area (Å²) in [6, 6.07) is 19.8. The molecule has 0 radical (unpaired) electrons. The van der Waals surface area contributed by atoms with Crippen molar-refractivity contribution in [3.63, 3.8) is 0 Å². The number of hydrazone groups is 1. The Labute approximate surface area is 210 Å². The lowest BCUT2D eigenvalue weighted by Crippen LogP contribution is -2.39. The summed E-state index contributed by atoms with van der Waals surface area (Å²) in [5.41, 5.74) is 4.02. The molecule has 3 rings (SSSR count). The van der Waals surface area contributed by atoms with Gasteiger partial charge in [0.15, 0.2) is 0 Å².